The van der Waals surface area contributed by atoms with Crippen LogP contribution in [0, 0.1) is 12.8 Å². The molecule has 0 heterocycles. The standard InChI is InChI=1S/C19H23NO4S/c1-14-9-11-17(12-10-14)25(22,23)20-15(2)18(19(21)24-3)13-16-7-5-4-6-8-16/h4-12,15,18,20H,13H2,1-3H3/t15-,18-/m0/s1. The first-order chi connectivity index (χ1) is 11.8. The van der Waals surface area contributed by atoms with Gasteiger partial charge in [-0.1, -0.05) is 48.0 Å². The molecule has 0 bridgehead atoms. The molecule has 0 unspecified atom stereocenters. The normalized spacial score (nSPS) is 13.9. The molecule has 0 aliphatic carbocycles. The molecule has 0 saturated carbocycles. The number of carbonyl (C=O) groups excluding carboxylic acids is 1. The number of sulfonamides is 1. The lowest BCUT2D eigenvalue weighted by atomic mass is 9.94. The van der Waals surface area contributed by atoms with Gasteiger partial charge >= 0.3 is 5.97 Å². The molecule has 0 aliphatic heterocycles. The predicted octanol–water partition coefficient (Wildman–Crippen LogP) is 2.69. The van der Waals surface area contributed by atoms with Gasteiger partial charge in [0.25, 0.3) is 0 Å². The maximum absolute atomic E-state index is 12.6. The number of aryl methyl sites for hydroxylation is 1. The molecule has 5 nitrogen and oxygen atoms in total. The smallest absolute Gasteiger partial charge is 0.310 e. The van der Waals surface area contributed by atoms with Crippen LogP contribution in [0.4, 0.5) is 0 Å². The predicted molar refractivity (Wildman–Crippen MR) is 96.6 cm³/mol. The van der Waals surface area contributed by atoms with E-state index >= 15 is 0 Å². The zero-order chi connectivity index (χ0) is 18.4. The average Bonchev–Trinajstić information content (AvgIpc) is 2.59. The second kappa shape index (κ2) is 8.27. The van der Waals surface area contributed by atoms with Crippen LogP contribution in [0.25, 0.3) is 0 Å². The van der Waals surface area contributed by atoms with E-state index in [0.717, 1.165) is 11.1 Å². The molecule has 6 heteroatoms. The lowest BCUT2D eigenvalue weighted by Gasteiger charge is -2.23. The molecule has 0 radical (unpaired) electrons. The Bertz CT molecular complexity index is 801. The summed E-state index contributed by atoms with van der Waals surface area (Å²) in [5.74, 6) is -1.06. The Hall–Kier alpha value is -2.18. The molecule has 2 atom stereocenters. The van der Waals surface area contributed by atoms with E-state index in [-0.39, 0.29) is 4.90 Å². The third kappa shape index (κ3) is 5.14. The minimum absolute atomic E-state index is 0.174. The number of esters is 1. The van der Waals surface area contributed by atoms with Gasteiger partial charge in [-0.3, -0.25) is 4.79 Å². The van der Waals surface area contributed by atoms with Crippen LogP contribution < -0.4 is 4.72 Å². The third-order valence-corrected chi connectivity index (χ3v) is 5.65. The van der Waals surface area contributed by atoms with Crippen molar-refractivity contribution in [3.8, 4) is 0 Å². The van der Waals surface area contributed by atoms with Gasteiger partial charge in [0.15, 0.2) is 0 Å². The van der Waals surface area contributed by atoms with Gasteiger partial charge in [-0.2, -0.15) is 0 Å². The number of nitrogens with one attached hydrogen (secondary N) is 1. The fraction of sp³-hybridized carbons (Fsp3) is 0.316. The zero-order valence-electron chi connectivity index (χ0n) is 14.6. The van der Waals surface area contributed by atoms with Gasteiger partial charge in [0, 0.05) is 6.04 Å². The Balaban J connectivity index is 2.19. The van der Waals surface area contributed by atoms with Crippen molar-refractivity contribution >= 4 is 16.0 Å². The van der Waals surface area contributed by atoms with E-state index in [2.05, 4.69) is 4.72 Å². The van der Waals surface area contributed by atoms with E-state index in [4.69, 9.17) is 4.74 Å². The van der Waals surface area contributed by atoms with Gasteiger partial charge < -0.3 is 4.74 Å². The van der Waals surface area contributed by atoms with Gasteiger partial charge in [0.2, 0.25) is 10.0 Å². The highest BCUT2D eigenvalue weighted by molar-refractivity contribution is 7.89. The van der Waals surface area contributed by atoms with Crippen LogP contribution in [0.3, 0.4) is 0 Å². The van der Waals surface area contributed by atoms with E-state index in [1.807, 2.05) is 37.3 Å². The van der Waals surface area contributed by atoms with Crippen molar-refractivity contribution in [1.29, 1.82) is 0 Å². The minimum Gasteiger partial charge on any atom is -0.469 e. The summed E-state index contributed by atoms with van der Waals surface area (Å²) in [5.41, 5.74) is 1.92. The van der Waals surface area contributed by atoms with Crippen LogP contribution in [0.15, 0.2) is 59.5 Å². The fourth-order valence-electron chi connectivity index (χ4n) is 2.60. The quantitative estimate of drug-likeness (QED) is 0.770. The second-order valence-corrected chi connectivity index (χ2v) is 7.76. The van der Waals surface area contributed by atoms with Crippen molar-refractivity contribution in [3.63, 3.8) is 0 Å². The Morgan fingerprint density at radius 2 is 1.68 bits per heavy atom. The van der Waals surface area contributed by atoms with Crippen molar-refractivity contribution < 1.29 is 17.9 Å². The Morgan fingerprint density at radius 1 is 1.08 bits per heavy atom. The third-order valence-electron chi connectivity index (χ3n) is 4.08. The number of hydrogen-bond donors (Lipinski definition) is 1. The summed E-state index contributed by atoms with van der Waals surface area (Å²) in [4.78, 5) is 12.3. The average molecular weight is 361 g/mol. The number of benzene rings is 2. The molecular weight excluding hydrogens is 338 g/mol. The van der Waals surface area contributed by atoms with Gasteiger partial charge in [0.1, 0.15) is 0 Å². The lowest BCUT2D eigenvalue weighted by Crippen LogP contribution is -2.42. The number of hydrogen-bond acceptors (Lipinski definition) is 4. The Labute approximate surface area is 149 Å². The maximum Gasteiger partial charge on any atom is 0.310 e. The van der Waals surface area contributed by atoms with E-state index in [9.17, 15) is 13.2 Å². The summed E-state index contributed by atoms with van der Waals surface area (Å²) in [6.45, 7) is 3.57. The molecule has 2 rings (SSSR count). The molecule has 0 aromatic heterocycles. The maximum atomic E-state index is 12.6. The molecule has 0 fully saturated rings. The molecule has 0 spiro atoms. The summed E-state index contributed by atoms with van der Waals surface area (Å²) in [5, 5.41) is 0. The summed E-state index contributed by atoms with van der Waals surface area (Å²) < 4.78 is 32.6. The van der Waals surface area contributed by atoms with E-state index in [0.29, 0.717) is 6.42 Å². The number of ether oxygens (including phenoxy) is 1. The first-order valence-corrected chi connectivity index (χ1v) is 9.52. The fourth-order valence-corrected chi connectivity index (χ4v) is 3.88. The Kier molecular flexibility index (Phi) is 6.33. The molecule has 0 amide bonds. The molecule has 25 heavy (non-hydrogen) atoms. The molecule has 134 valence electrons. The van der Waals surface area contributed by atoms with Gasteiger partial charge in [-0.15, -0.1) is 0 Å². The van der Waals surface area contributed by atoms with Crippen LogP contribution in [-0.4, -0.2) is 27.5 Å². The first-order valence-electron chi connectivity index (χ1n) is 8.04. The number of methoxy groups -OCH3 is 1. The monoisotopic (exact) mass is 361 g/mol. The highest BCUT2D eigenvalue weighted by atomic mass is 32.2. The summed E-state index contributed by atoms with van der Waals surface area (Å²) >= 11 is 0. The summed E-state index contributed by atoms with van der Waals surface area (Å²) in [7, 11) is -2.41. The molecular formula is C19H23NO4S. The van der Waals surface area contributed by atoms with E-state index < -0.39 is 28.0 Å². The summed E-state index contributed by atoms with van der Waals surface area (Å²) in [6.07, 6.45) is 0.394. The van der Waals surface area contributed by atoms with Gasteiger partial charge in [0.05, 0.1) is 17.9 Å². The number of carbonyl (C=O) groups is 1. The van der Waals surface area contributed by atoms with E-state index in [1.165, 1.54) is 7.11 Å². The minimum atomic E-state index is -3.71. The van der Waals surface area contributed by atoms with E-state index in [1.54, 1.807) is 31.2 Å². The lowest BCUT2D eigenvalue weighted by molar-refractivity contribution is -0.146. The van der Waals surface area contributed by atoms with Crippen molar-refractivity contribution in [1.82, 2.24) is 4.72 Å². The molecule has 0 saturated heterocycles. The highest BCUT2D eigenvalue weighted by Crippen LogP contribution is 2.17. The largest absolute Gasteiger partial charge is 0.469 e. The summed E-state index contributed by atoms with van der Waals surface area (Å²) in [6, 6.07) is 15.4. The molecule has 2 aromatic rings. The molecule has 0 aliphatic rings. The number of rotatable bonds is 7. The van der Waals surface area contributed by atoms with Gasteiger partial charge in [-0.05, 0) is 38.0 Å². The van der Waals surface area contributed by atoms with Crippen LogP contribution in [-0.2, 0) is 26.0 Å². The molecule has 1 N–H and O–H groups in total. The highest BCUT2D eigenvalue weighted by Gasteiger charge is 2.30. The SMILES string of the molecule is COC(=O)[C@@H](Cc1ccccc1)[C@H](C)NS(=O)(=O)c1ccc(C)cc1. The van der Waals surface area contributed by atoms with Crippen molar-refractivity contribution in [2.45, 2.75) is 31.2 Å². The van der Waals surface area contributed by atoms with Crippen LogP contribution >= 0.6 is 0 Å². The van der Waals surface area contributed by atoms with Crippen molar-refractivity contribution in [2.75, 3.05) is 7.11 Å². The van der Waals surface area contributed by atoms with Crippen LogP contribution in [0.1, 0.15) is 18.1 Å². The second-order valence-electron chi connectivity index (χ2n) is 6.04. The first kappa shape index (κ1) is 19.1. The van der Waals surface area contributed by atoms with Crippen LogP contribution in [0.5, 0.6) is 0 Å². The Morgan fingerprint density at radius 3 is 2.24 bits per heavy atom. The topological polar surface area (TPSA) is 72.5 Å². The van der Waals surface area contributed by atoms with Crippen LogP contribution in [0.2, 0.25) is 0 Å². The zero-order valence-corrected chi connectivity index (χ0v) is 15.4. The van der Waals surface area contributed by atoms with Gasteiger partial charge in [-0.25, -0.2) is 13.1 Å². The molecule has 2 aromatic carbocycles. The van der Waals surface area contributed by atoms with Crippen molar-refractivity contribution in [2.24, 2.45) is 5.92 Å². The van der Waals surface area contributed by atoms with Crippen molar-refractivity contribution in [3.05, 3.63) is 65.7 Å².